The zero-order valence-corrected chi connectivity index (χ0v) is 10.3. The maximum atomic E-state index is 5.89. The van der Waals surface area contributed by atoms with Crippen molar-refractivity contribution in [2.75, 3.05) is 11.1 Å². The third kappa shape index (κ3) is 2.78. The van der Waals surface area contributed by atoms with Crippen molar-refractivity contribution in [2.45, 2.75) is 20.3 Å². The molecule has 0 aromatic heterocycles. The average Bonchev–Trinajstić information content (AvgIpc) is 2.34. The second-order valence-electron chi connectivity index (χ2n) is 4.25. The van der Waals surface area contributed by atoms with Crippen LogP contribution in [0.5, 0.6) is 0 Å². The van der Waals surface area contributed by atoms with Crippen LogP contribution in [0, 0.1) is 6.92 Å². The number of nitrogen functional groups attached to an aromatic ring is 1. The maximum Gasteiger partial charge on any atom is 0.0405 e. The van der Waals surface area contributed by atoms with E-state index in [0.717, 1.165) is 29.0 Å². The lowest BCUT2D eigenvalue weighted by atomic mass is 10.1. The average molecular weight is 226 g/mol. The fourth-order valence-electron chi connectivity index (χ4n) is 1.75. The summed E-state index contributed by atoms with van der Waals surface area (Å²) >= 11 is 0. The summed E-state index contributed by atoms with van der Waals surface area (Å²) in [5.74, 6) is 0. The molecule has 0 bridgehead atoms. The quantitative estimate of drug-likeness (QED) is 0.779. The molecule has 0 spiro atoms. The zero-order valence-electron chi connectivity index (χ0n) is 10.3. The van der Waals surface area contributed by atoms with Gasteiger partial charge in [-0.15, -0.1) is 0 Å². The molecule has 0 fully saturated rings. The molecule has 0 aliphatic heterocycles. The van der Waals surface area contributed by atoms with E-state index >= 15 is 0 Å². The van der Waals surface area contributed by atoms with Crippen LogP contribution in [0.4, 0.5) is 17.1 Å². The normalized spacial score (nSPS) is 10.2. The fourth-order valence-corrected chi connectivity index (χ4v) is 1.75. The Morgan fingerprint density at radius 3 is 2.53 bits per heavy atom. The molecule has 17 heavy (non-hydrogen) atoms. The van der Waals surface area contributed by atoms with Crippen molar-refractivity contribution >= 4 is 17.1 Å². The van der Waals surface area contributed by atoms with Gasteiger partial charge < -0.3 is 11.1 Å². The molecule has 2 nitrogen and oxygen atoms in total. The van der Waals surface area contributed by atoms with Gasteiger partial charge in [0.1, 0.15) is 0 Å². The highest BCUT2D eigenvalue weighted by molar-refractivity contribution is 5.65. The van der Waals surface area contributed by atoms with Crippen LogP contribution in [0.2, 0.25) is 0 Å². The largest absolute Gasteiger partial charge is 0.398 e. The topological polar surface area (TPSA) is 38.0 Å². The van der Waals surface area contributed by atoms with Gasteiger partial charge in [-0.3, -0.25) is 0 Å². The van der Waals surface area contributed by atoms with Crippen LogP contribution in [-0.2, 0) is 6.42 Å². The van der Waals surface area contributed by atoms with E-state index in [9.17, 15) is 0 Å². The van der Waals surface area contributed by atoms with Gasteiger partial charge in [0.05, 0.1) is 0 Å². The van der Waals surface area contributed by atoms with E-state index in [2.05, 4.69) is 36.5 Å². The lowest BCUT2D eigenvalue weighted by Gasteiger charge is -2.09. The molecule has 2 aromatic rings. The van der Waals surface area contributed by atoms with E-state index in [1.54, 1.807) is 0 Å². The Hall–Kier alpha value is -1.96. The summed E-state index contributed by atoms with van der Waals surface area (Å²) in [6.45, 7) is 4.17. The van der Waals surface area contributed by atoms with E-state index in [4.69, 9.17) is 5.73 Å². The summed E-state index contributed by atoms with van der Waals surface area (Å²) in [5, 5.41) is 3.37. The molecule has 3 N–H and O–H groups in total. The number of hydrogen-bond acceptors (Lipinski definition) is 2. The number of aryl methyl sites for hydroxylation is 2. The summed E-state index contributed by atoms with van der Waals surface area (Å²) in [4.78, 5) is 0. The molecule has 2 aromatic carbocycles. The Morgan fingerprint density at radius 2 is 1.82 bits per heavy atom. The summed E-state index contributed by atoms with van der Waals surface area (Å²) in [5.41, 5.74) is 11.3. The first-order valence-electron chi connectivity index (χ1n) is 5.91. The smallest absolute Gasteiger partial charge is 0.0405 e. The summed E-state index contributed by atoms with van der Waals surface area (Å²) < 4.78 is 0. The van der Waals surface area contributed by atoms with Crippen LogP contribution >= 0.6 is 0 Å². The summed E-state index contributed by atoms with van der Waals surface area (Å²) in [6, 6.07) is 14.5. The van der Waals surface area contributed by atoms with E-state index in [0.29, 0.717) is 0 Å². The van der Waals surface area contributed by atoms with Gasteiger partial charge in [0, 0.05) is 17.1 Å². The van der Waals surface area contributed by atoms with Crippen LogP contribution < -0.4 is 11.1 Å². The summed E-state index contributed by atoms with van der Waals surface area (Å²) in [6.07, 6.45) is 1.05. The predicted molar refractivity (Wildman–Crippen MR) is 74.7 cm³/mol. The van der Waals surface area contributed by atoms with Crippen molar-refractivity contribution in [2.24, 2.45) is 0 Å². The Bertz CT molecular complexity index is 518. The molecule has 0 atom stereocenters. The Kier molecular flexibility index (Phi) is 3.33. The fraction of sp³-hybridized carbons (Fsp3) is 0.200. The molecule has 0 amide bonds. The van der Waals surface area contributed by atoms with Gasteiger partial charge >= 0.3 is 0 Å². The third-order valence-corrected chi connectivity index (χ3v) is 2.90. The van der Waals surface area contributed by atoms with Gasteiger partial charge in [0.25, 0.3) is 0 Å². The maximum absolute atomic E-state index is 5.89. The minimum atomic E-state index is 0.821. The van der Waals surface area contributed by atoms with Crippen molar-refractivity contribution < 1.29 is 0 Å². The van der Waals surface area contributed by atoms with Crippen LogP contribution in [0.15, 0.2) is 42.5 Å². The highest BCUT2D eigenvalue weighted by Crippen LogP contribution is 2.21. The van der Waals surface area contributed by atoms with Gasteiger partial charge in [-0.1, -0.05) is 25.1 Å². The molecule has 2 rings (SSSR count). The van der Waals surface area contributed by atoms with Crippen LogP contribution in [0.1, 0.15) is 18.1 Å². The first kappa shape index (κ1) is 11.5. The summed E-state index contributed by atoms with van der Waals surface area (Å²) in [7, 11) is 0. The predicted octanol–water partition coefficient (Wildman–Crippen LogP) is 3.88. The van der Waals surface area contributed by atoms with Gasteiger partial charge in [-0.25, -0.2) is 0 Å². The minimum Gasteiger partial charge on any atom is -0.398 e. The highest BCUT2D eigenvalue weighted by atomic mass is 14.9. The second-order valence-corrected chi connectivity index (χ2v) is 4.25. The van der Waals surface area contributed by atoms with E-state index < -0.39 is 0 Å². The van der Waals surface area contributed by atoms with Crippen molar-refractivity contribution in [1.82, 2.24) is 0 Å². The number of hydrogen-bond donors (Lipinski definition) is 2. The molecular formula is C15H18N2. The number of rotatable bonds is 3. The standard InChI is InChI=1S/C15H18N2/c1-3-12-5-4-6-13(9-12)17-14-8-7-11(2)15(16)10-14/h4-10,17H,3,16H2,1-2H3. The van der Waals surface area contributed by atoms with E-state index in [-0.39, 0.29) is 0 Å². The van der Waals surface area contributed by atoms with Crippen LogP contribution in [0.3, 0.4) is 0 Å². The molecule has 88 valence electrons. The van der Waals surface area contributed by atoms with Crippen molar-refractivity contribution in [3.05, 3.63) is 53.6 Å². The van der Waals surface area contributed by atoms with Crippen molar-refractivity contribution in [3.63, 3.8) is 0 Å². The lowest BCUT2D eigenvalue weighted by molar-refractivity contribution is 1.14. The molecule has 0 saturated heterocycles. The molecular weight excluding hydrogens is 208 g/mol. The second kappa shape index (κ2) is 4.91. The molecule has 0 saturated carbocycles. The molecule has 2 heteroatoms. The molecule has 0 heterocycles. The minimum absolute atomic E-state index is 0.821. The third-order valence-electron chi connectivity index (χ3n) is 2.90. The molecule has 0 radical (unpaired) electrons. The van der Waals surface area contributed by atoms with Gasteiger partial charge in [0.15, 0.2) is 0 Å². The van der Waals surface area contributed by atoms with Gasteiger partial charge in [-0.05, 0) is 48.7 Å². The van der Waals surface area contributed by atoms with Gasteiger partial charge in [-0.2, -0.15) is 0 Å². The Balaban J connectivity index is 2.22. The molecule has 0 unspecified atom stereocenters. The first-order valence-corrected chi connectivity index (χ1v) is 5.91. The molecule has 0 aliphatic carbocycles. The Morgan fingerprint density at radius 1 is 1.06 bits per heavy atom. The van der Waals surface area contributed by atoms with Crippen LogP contribution in [-0.4, -0.2) is 0 Å². The monoisotopic (exact) mass is 226 g/mol. The number of nitrogens with two attached hydrogens (primary N) is 1. The van der Waals surface area contributed by atoms with Crippen LogP contribution in [0.25, 0.3) is 0 Å². The van der Waals surface area contributed by atoms with Crippen molar-refractivity contribution in [3.8, 4) is 0 Å². The van der Waals surface area contributed by atoms with Crippen molar-refractivity contribution in [1.29, 1.82) is 0 Å². The number of nitrogens with one attached hydrogen (secondary N) is 1. The van der Waals surface area contributed by atoms with E-state index in [1.165, 1.54) is 5.56 Å². The molecule has 0 aliphatic rings. The van der Waals surface area contributed by atoms with Gasteiger partial charge in [0.2, 0.25) is 0 Å². The SMILES string of the molecule is CCc1cccc(Nc2ccc(C)c(N)c2)c1. The number of anilines is 3. The highest BCUT2D eigenvalue weighted by Gasteiger charge is 1.98. The lowest BCUT2D eigenvalue weighted by Crippen LogP contribution is -1.94. The van der Waals surface area contributed by atoms with E-state index in [1.807, 2.05) is 25.1 Å². The zero-order chi connectivity index (χ0) is 12.3. The first-order chi connectivity index (χ1) is 8.19. The Labute approximate surface area is 102 Å². The number of benzene rings is 2.